The molecule has 0 saturated carbocycles. The second kappa shape index (κ2) is 25.5. The number of benzene rings is 6. The van der Waals surface area contributed by atoms with Crippen LogP contribution in [0.4, 0.5) is 11.9 Å². The smallest absolute Gasteiger partial charge is 0.248 e. The van der Waals surface area contributed by atoms with E-state index in [2.05, 4.69) is 64.8 Å². The summed E-state index contributed by atoms with van der Waals surface area (Å²) in [7, 11) is 0. The van der Waals surface area contributed by atoms with Gasteiger partial charge in [0.2, 0.25) is 17.7 Å². The van der Waals surface area contributed by atoms with Gasteiger partial charge in [0.1, 0.15) is 0 Å². The van der Waals surface area contributed by atoms with E-state index >= 15 is 0 Å². The molecular weight excluding hydrogens is 1010 g/mol. The number of amides is 3. The van der Waals surface area contributed by atoms with Crippen LogP contribution in [-0.2, 0) is 45.1 Å². The summed E-state index contributed by atoms with van der Waals surface area (Å²) in [6, 6.07) is 45.2. The Morgan fingerprint density at radius 2 is 0.950 bits per heavy atom. The maximum Gasteiger partial charge on any atom is 0.248 e. The molecule has 2 atom stereocenters. The Bertz CT molecular complexity index is 3520. The van der Waals surface area contributed by atoms with Crippen LogP contribution in [0.2, 0.25) is 0 Å². The van der Waals surface area contributed by atoms with Gasteiger partial charge < -0.3 is 37.8 Å². The molecule has 6 aromatic carbocycles. The number of imidazole rings is 2. The molecule has 10 N–H and O–H groups in total. The quantitative estimate of drug-likeness (QED) is 0.0355. The van der Waals surface area contributed by atoms with Gasteiger partial charge in [0.05, 0.1) is 45.3 Å². The van der Waals surface area contributed by atoms with Crippen LogP contribution in [0.15, 0.2) is 168 Å². The molecule has 0 saturated heterocycles. The highest BCUT2D eigenvalue weighted by atomic mass is 16.2. The molecule has 8 aromatic rings. The van der Waals surface area contributed by atoms with Crippen LogP contribution in [0.5, 0.6) is 0 Å². The number of aliphatic imine (C=N–C) groups is 2. The van der Waals surface area contributed by atoms with Crippen molar-refractivity contribution in [1.29, 1.82) is 0 Å². The number of carbonyl (C=O) groups is 6. The first-order chi connectivity index (χ1) is 38.7. The number of hydrogen-bond donors (Lipinski definition) is 7. The van der Waals surface area contributed by atoms with E-state index in [4.69, 9.17) is 17.2 Å². The number of nitrogen functional groups attached to an aromatic ring is 2. The minimum atomic E-state index is -0.734. The number of rotatable bonds is 20. The van der Waals surface area contributed by atoms with E-state index in [-0.39, 0.29) is 48.6 Å². The molecule has 2 aliphatic rings. The number of carbonyl (C=O) groups excluding carboxylic acids is 6. The molecule has 4 heterocycles. The molecule has 80 heavy (non-hydrogen) atoms. The summed E-state index contributed by atoms with van der Waals surface area (Å²) >= 11 is 0. The molecular formula is C63H61N11O6. The molecule has 17 heteroatoms. The lowest BCUT2D eigenvalue weighted by Gasteiger charge is -2.23. The standard InChI is InChI=1S/C32H31N5O3.C31H30N6O3/c1-20(38)23-10-6-11-24(16-23)26-19-34-28(12-5-9-21-7-3-2-4-8-21)31(40)25(26)17-30(39)35-18-22-13-14-27-29(15-22)37-32(33)36-27;32-30(40)22-10-5-9-21(15-22)24-18-34-26(11-4-8-19-6-2-1-3-7-19)29(39)23(24)16-28(38)35-17-20-12-13-25-27(14-20)37-31(33)36-25/h2-4,6-8,10-11,13-16,19,25H,5,9,12,17-18H2,1H3,(H,35,39)(H3,33,36,37);1-3,5-7,9-10,12-15,18,23H,4,8,11,16-17H2,(H2,32,40)(H,35,38)(H3,33,36,37). The van der Waals surface area contributed by atoms with E-state index in [0.29, 0.717) is 76.1 Å². The normalized spacial score (nSPS) is 15.0. The molecule has 0 radical (unpaired) electrons. The Hall–Kier alpha value is -9.90. The SMILES string of the molecule is CC(=O)c1cccc(C2=CN=C(CCCc3ccccc3)C(=O)C2CC(=O)NCc2ccc3nc(N)[nH]c3c2)c1.NC(=O)c1cccc(C2=CN=C(CCCc3ccccc3)C(=O)C2CC(=O)NCc2ccc3nc(N)[nH]c3c2)c1. The van der Waals surface area contributed by atoms with Crippen LogP contribution < -0.4 is 27.8 Å². The zero-order valence-electron chi connectivity index (χ0n) is 44.2. The fourth-order valence-electron chi connectivity index (χ4n) is 9.89. The van der Waals surface area contributed by atoms with E-state index < -0.39 is 17.7 Å². The lowest BCUT2D eigenvalue weighted by Crippen LogP contribution is -2.33. The molecule has 10 rings (SSSR count). The van der Waals surface area contributed by atoms with Gasteiger partial charge >= 0.3 is 0 Å². The van der Waals surface area contributed by atoms with Crippen LogP contribution in [0.1, 0.15) is 99.5 Å². The number of allylic oxidation sites excluding steroid dienone is 2. The van der Waals surface area contributed by atoms with Crippen molar-refractivity contribution in [2.75, 3.05) is 11.5 Å². The topological polar surface area (TPSA) is 287 Å². The number of primary amides is 1. The lowest BCUT2D eigenvalue weighted by molar-refractivity contribution is -0.125. The van der Waals surface area contributed by atoms with Crippen molar-refractivity contribution >= 4 is 91.6 Å². The zero-order valence-corrected chi connectivity index (χ0v) is 44.2. The van der Waals surface area contributed by atoms with Gasteiger partial charge in [0.15, 0.2) is 29.2 Å². The number of anilines is 2. The van der Waals surface area contributed by atoms with Gasteiger partial charge in [-0.1, -0.05) is 103 Å². The van der Waals surface area contributed by atoms with E-state index in [1.807, 2.05) is 78.9 Å². The first-order valence-corrected chi connectivity index (χ1v) is 26.5. The summed E-state index contributed by atoms with van der Waals surface area (Å²) in [6.07, 6.45) is 7.48. The molecule has 17 nitrogen and oxygen atoms in total. The number of aromatic amines is 2. The monoisotopic (exact) mass is 1070 g/mol. The number of nitrogens with zero attached hydrogens (tertiary/aromatic N) is 4. The van der Waals surface area contributed by atoms with Crippen molar-refractivity contribution in [2.24, 2.45) is 27.6 Å². The van der Waals surface area contributed by atoms with E-state index in [0.717, 1.165) is 58.9 Å². The first-order valence-electron chi connectivity index (χ1n) is 26.5. The number of hydrogen-bond acceptors (Lipinski definition) is 12. The maximum atomic E-state index is 13.7. The lowest BCUT2D eigenvalue weighted by atomic mass is 9.82. The Kier molecular flexibility index (Phi) is 17.5. The van der Waals surface area contributed by atoms with Gasteiger partial charge in [-0.2, -0.15) is 0 Å². The summed E-state index contributed by atoms with van der Waals surface area (Å²) in [5.74, 6) is -2.26. The van der Waals surface area contributed by atoms with Gasteiger partial charge in [0, 0.05) is 49.5 Å². The fraction of sp³-hybridized carbons (Fsp3) is 0.206. The third-order valence-electron chi connectivity index (χ3n) is 14.1. The number of nitrogens with two attached hydrogens (primary N) is 3. The number of nitrogens with one attached hydrogen (secondary N) is 4. The largest absolute Gasteiger partial charge is 0.369 e. The Labute approximate surface area is 462 Å². The third kappa shape index (κ3) is 14.0. The van der Waals surface area contributed by atoms with Crippen LogP contribution in [-0.4, -0.2) is 66.4 Å². The van der Waals surface area contributed by atoms with Crippen molar-refractivity contribution in [3.8, 4) is 0 Å². The fourth-order valence-corrected chi connectivity index (χ4v) is 9.89. The predicted octanol–water partition coefficient (Wildman–Crippen LogP) is 9.01. The minimum absolute atomic E-state index is 0.0219. The Balaban J connectivity index is 0.000000194. The Morgan fingerprint density at radius 1 is 0.512 bits per heavy atom. The van der Waals surface area contributed by atoms with E-state index in [9.17, 15) is 28.8 Å². The maximum absolute atomic E-state index is 13.7. The molecule has 2 aromatic heterocycles. The van der Waals surface area contributed by atoms with Gasteiger partial charge in [-0.3, -0.25) is 38.8 Å². The van der Waals surface area contributed by atoms with E-state index in [1.54, 1.807) is 54.9 Å². The average molecular weight is 1070 g/mol. The summed E-state index contributed by atoms with van der Waals surface area (Å²) < 4.78 is 0. The van der Waals surface area contributed by atoms with Crippen LogP contribution in [0, 0.1) is 11.8 Å². The number of fused-ring (bicyclic) bond motifs is 2. The molecule has 0 spiro atoms. The number of Topliss-reactive ketones (excluding diaryl/α,β-unsaturated/α-hetero) is 3. The summed E-state index contributed by atoms with van der Waals surface area (Å²) in [6.45, 7) is 2.08. The second-order valence-electron chi connectivity index (χ2n) is 19.8. The van der Waals surface area contributed by atoms with Crippen molar-refractivity contribution < 1.29 is 28.8 Å². The number of ketones is 3. The third-order valence-corrected chi connectivity index (χ3v) is 14.1. The number of H-pyrrole nitrogens is 2. The van der Waals surface area contributed by atoms with Crippen LogP contribution in [0.25, 0.3) is 33.2 Å². The van der Waals surface area contributed by atoms with Gasteiger partial charge in [-0.15, -0.1) is 0 Å². The van der Waals surface area contributed by atoms with Crippen molar-refractivity contribution in [3.05, 3.63) is 203 Å². The average Bonchev–Trinajstić information content (AvgIpc) is 4.07. The number of aromatic nitrogens is 4. The minimum Gasteiger partial charge on any atom is -0.369 e. The Morgan fingerprint density at radius 3 is 1.39 bits per heavy atom. The highest BCUT2D eigenvalue weighted by molar-refractivity contribution is 6.44. The molecule has 0 fully saturated rings. The highest BCUT2D eigenvalue weighted by Crippen LogP contribution is 2.34. The zero-order chi connectivity index (χ0) is 56.1. The molecule has 0 aliphatic carbocycles. The summed E-state index contributed by atoms with van der Waals surface area (Å²) in [5.41, 5.74) is 28.5. The van der Waals surface area contributed by atoms with Crippen LogP contribution >= 0.6 is 0 Å². The molecule has 0 bridgehead atoms. The van der Waals surface area contributed by atoms with Crippen LogP contribution in [0.3, 0.4) is 0 Å². The second-order valence-corrected chi connectivity index (χ2v) is 19.8. The van der Waals surface area contributed by atoms with Gasteiger partial charge in [0.25, 0.3) is 0 Å². The van der Waals surface area contributed by atoms with Crippen molar-refractivity contribution in [3.63, 3.8) is 0 Å². The van der Waals surface area contributed by atoms with Crippen molar-refractivity contribution in [2.45, 2.75) is 71.4 Å². The van der Waals surface area contributed by atoms with Gasteiger partial charge in [-0.25, -0.2) is 9.97 Å². The molecule has 404 valence electrons. The van der Waals surface area contributed by atoms with E-state index in [1.165, 1.54) is 18.1 Å². The molecule has 3 amide bonds. The summed E-state index contributed by atoms with van der Waals surface area (Å²) in [5, 5.41) is 5.86. The highest BCUT2D eigenvalue weighted by Gasteiger charge is 2.34. The molecule has 2 aliphatic heterocycles. The molecule has 2 unspecified atom stereocenters. The predicted molar refractivity (Wildman–Crippen MR) is 312 cm³/mol. The van der Waals surface area contributed by atoms with Crippen molar-refractivity contribution in [1.82, 2.24) is 30.6 Å². The summed E-state index contributed by atoms with van der Waals surface area (Å²) in [4.78, 5) is 101. The first kappa shape index (κ1) is 54.9. The number of aryl methyl sites for hydroxylation is 2. The van der Waals surface area contributed by atoms with Gasteiger partial charge in [-0.05, 0) is 132 Å².